The third-order valence-electron chi connectivity index (χ3n) is 3.10. The fraction of sp³-hybridized carbons (Fsp3) is 0.133. The number of hydrogen-bond acceptors (Lipinski definition) is 2. The van der Waals surface area contributed by atoms with Gasteiger partial charge in [0.1, 0.15) is 17.2 Å². The van der Waals surface area contributed by atoms with Gasteiger partial charge in [0.25, 0.3) is 5.91 Å². The molecular formula is C15H13ClF2N2O. The highest BCUT2D eigenvalue weighted by Crippen LogP contribution is 2.27. The fourth-order valence-corrected chi connectivity index (χ4v) is 2.05. The van der Waals surface area contributed by atoms with Gasteiger partial charge in [-0.25, -0.2) is 8.78 Å². The van der Waals surface area contributed by atoms with Crippen LogP contribution in [0.1, 0.15) is 21.5 Å². The van der Waals surface area contributed by atoms with E-state index in [0.29, 0.717) is 16.9 Å². The zero-order chi connectivity index (χ0) is 15.7. The minimum atomic E-state index is -0.921. The van der Waals surface area contributed by atoms with Crippen molar-refractivity contribution in [2.24, 2.45) is 0 Å². The topological polar surface area (TPSA) is 55.1 Å². The van der Waals surface area contributed by atoms with E-state index < -0.39 is 23.1 Å². The lowest BCUT2D eigenvalue weighted by Gasteiger charge is -2.12. The number of nitrogen functional groups attached to an aromatic ring is 1. The largest absolute Gasteiger partial charge is 0.398 e. The number of hydrogen-bond donors (Lipinski definition) is 2. The first-order valence-corrected chi connectivity index (χ1v) is 6.50. The predicted octanol–water partition coefficient (Wildman–Crippen LogP) is 4.07. The Morgan fingerprint density at radius 3 is 2.52 bits per heavy atom. The molecule has 0 fully saturated rings. The van der Waals surface area contributed by atoms with Gasteiger partial charge in [-0.3, -0.25) is 4.79 Å². The SMILES string of the molecule is Cc1cc(N)c(Cl)cc1NC(=O)c1c(F)ccc(C)c1F. The molecule has 0 aromatic heterocycles. The van der Waals surface area contributed by atoms with Crippen molar-refractivity contribution in [2.45, 2.75) is 13.8 Å². The molecule has 6 heteroatoms. The first kappa shape index (κ1) is 15.3. The molecule has 3 N–H and O–H groups in total. The van der Waals surface area contributed by atoms with Crippen molar-refractivity contribution >= 4 is 28.9 Å². The molecule has 0 bridgehead atoms. The van der Waals surface area contributed by atoms with Crippen LogP contribution < -0.4 is 11.1 Å². The molecule has 3 nitrogen and oxygen atoms in total. The molecule has 21 heavy (non-hydrogen) atoms. The quantitative estimate of drug-likeness (QED) is 0.822. The highest BCUT2D eigenvalue weighted by Gasteiger charge is 2.20. The number of nitrogens with two attached hydrogens (primary N) is 1. The molecule has 0 heterocycles. The standard InChI is InChI=1S/C15H13ClF2N2O/c1-7-3-4-10(17)13(14(7)18)15(21)20-12-6-9(16)11(19)5-8(12)2/h3-6H,19H2,1-2H3,(H,20,21). The number of amides is 1. The Morgan fingerprint density at radius 1 is 1.19 bits per heavy atom. The van der Waals surface area contributed by atoms with Crippen LogP contribution in [0.15, 0.2) is 24.3 Å². The number of anilines is 2. The molecule has 0 saturated heterocycles. The van der Waals surface area contributed by atoms with Crippen molar-refractivity contribution in [3.8, 4) is 0 Å². The smallest absolute Gasteiger partial charge is 0.261 e. The highest BCUT2D eigenvalue weighted by atomic mass is 35.5. The Hall–Kier alpha value is -2.14. The van der Waals surface area contributed by atoms with Gasteiger partial charge in [0.05, 0.1) is 10.7 Å². The Balaban J connectivity index is 2.40. The summed E-state index contributed by atoms with van der Waals surface area (Å²) in [6, 6.07) is 5.33. The van der Waals surface area contributed by atoms with Gasteiger partial charge in [0.2, 0.25) is 0 Å². The van der Waals surface area contributed by atoms with Crippen LogP contribution in [0.25, 0.3) is 0 Å². The third-order valence-corrected chi connectivity index (χ3v) is 3.43. The molecule has 1 amide bonds. The average Bonchev–Trinajstić information content (AvgIpc) is 2.41. The summed E-state index contributed by atoms with van der Waals surface area (Å²) in [6.45, 7) is 3.15. The van der Waals surface area contributed by atoms with Crippen LogP contribution in [0.4, 0.5) is 20.2 Å². The molecule has 0 aliphatic carbocycles. The first-order valence-electron chi connectivity index (χ1n) is 6.13. The van der Waals surface area contributed by atoms with E-state index in [1.165, 1.54) is 19.1 Å². The van der Waals surface area contributed by atoms with Gasteiger partial charge in [0, 0.05) is 5.69 Å². The van der Waals surface area contributed by atoms with Gasteiger partial charge >= 0.3 is 0 Å². The Morgan fingerprint density at radius 2 is 1.86 bits per heavy atom. The van der Waals surface area contributed by atoms with Gasteiger partial charge in [-0.2, -0.15) is 0 Å². The van der Waals surface area contributed by atoms with E-state index in [4.69, 9.17) is 17.3 Å². The molecule has 0 aliphatic heterocycles. The van der Waals surface area contributed by atoms with Crippen LogP contribution in [0.3, 0.4) is 0 Å². The second-order valence-corrected chi connectivity index (χ2v) is 5.10. The number of carbonyl (C=O) groups excluding carboxylic acids is 1. The van der Waals surface area contributed by atoms with Crippen LogP contribution >= 0.6 is 11.6 Å². The number of benzene rings is 2. The van der Waals surface area contributed by atoms with Crippen molar-refractivity contribution in [1.82, 2.24) is 0 Å². The minimum Gasteiger partial charge on any atom is -0.398 e. The van der Waals surface area contributed by atoms with E-state index in [2.05, 4.69) is 5.32 Å². The van der Waals surface area contributed by atoms with Crippen LogP contribution in [0, 0.1) is 25.5 Å². The Bertz CT molecular complexity index is 732. The summed E-state index contributed by atoms with van der Waals surface area (Å²) in [5, 5.41) is 2.70. The summed E-state index contributed by atoms with van der Waals surface area (Å²) in [7, 11) is 0. The van der Waals surface area contributed by atoms with E-state index in [1.54, 1.807) is 13.0 Å². The summed E-state index contributed by atoms with van der Waals surface area (Å²) < 4.78 is 27.6. The number of rotatable bonds is 2. The molecule has 0 atom stereocenters. The molecule has 2 aromatic rings. The van der Waals surface area contributed by atoms with Crippen molar-refractivity contribution in [3.05, 3.63) is 57.6 Å². The van der Waals surface area contributed by atoms with Gasteiger partial charge in [-0.15, -0.1) is 0 Å². The molecule has 0 radical (unpaired) electrons. The maximum absolute atomic E-state index is 13.9. The number of carbonyl (C=O) groups is 1. The second kappa shape index (κ2) is 5.69. The van der Waals surface area contributed by atoms with Crippen molar-refractivity contribution in [1.29, 1.82) is 0 Å². The maximum Gasteiger partial charge on any atom is 0.261 e. The predicted molar refractivity (Wildman–Crippen MR) is 79.6 cm³/mol. The number of aryl methyl sites for hydroxylation is 2. The summed E-state index contributed by atoms with van der Waals surface area (Å²) in [4.78, 5) is 12.1. The zero-order valence-electron chi connectivity index (χ0n) is 11.4. The lowest BCUT2D eigenvalue weighted by atomic mass is 10.1. The summed E-state index contributed by atoms with van der Waals surface area (Å²) in [5.41, 5.74) is 6.55. The molecule has 110 valence electrons. The van der Waals surface area contributed by atoms with E-state index in [1.807, 2.05) is 0 Å². The molecule has 0 spiro atoms. The first-order chi connectivity index (χ1) is 9.81. The van der Waals surface area contributed by atoms with Crippen molar-refractivity contribution < 1.29 is 13.6 Å². The van der Waals surface area contributed by atoms with Gasteiger partial charge in [-0.1, -0.05) is 17.7 Å². The average molecular weight is 311 g/mol. The van der Waals surface area contributed by atoms with Crippen molar-refractivity contribution in [3.63, 3.8) is 0 Å². The van der Waals surface area contributed by atoms with Crippen molar-refractivity contribution in [2.75, 3.05) is 11.1 Å². The van der Waals surface area contributed by atoms with E-state index >= 15 is 0 Å². The third kappa shape index (κ3) is 2.97. The second-order valence-electron chi connectivity index (χ2n) is 4.70. The van der Waals surface area contributed by atoms with Crippen LogP contribution in [-0.2, 0) is 0 Å². The lowest BCUT2D eigenvalue weighted by molar-refractivity contribution is 0.101. The maximum atomic E-state index is 13.9. The molecule has 2 aromatic carbocycles. The normalized spacial score (nSPS) is 10.5. The van der Waals surface area contributed by atoms with Crippen LogP contribution in [-0.4, -0.2) is 5.91 Å². The van der Waals surface area contributed by atoms with Gasteiger partial charge in [-0.05, 0) is 43.2 Å². The Kier molecular flexibility index (Phi) is 4.14. The van der Waals surface area contributed by atoms with Gasteiger partial charge in [0.15, 0.2) is 0 Å². The number of halogens is 3. The van der Waals surface area contributed by atoms with Crippen LogP contribution in [0.5, 0.6) is 0 Å². The van der Waals surface area contributed by atoms with E-state index in [0.717, 1.165) is 6.07 Å². The number of nitrogens with one attached hydrogen (secondary N) is 1. The fourth-order valence-electron chi connectivity index (χ4n) is 1.89. The monoisotopic (exact) mass is 310 g/mol. The summed E-state index contributed by atoms with van der Waals surface area (Å²) in [5.74, 6) is -2.68. The van der Waals surface area contributed by atoms with Crippen LogP contribution in [0.2, 0.25) is 5.02 Å². The molecule has 2 rings (SSSR count). The molecule has 0 unspecified atom stereocenters. The summed E-state index contributed by atoms with van der Waals surface area (Å²) in [6.07, 6.45) is 0. The summed E-state index contributed by atoms with van der Waals surface area (Å²) >= 11 is 5.88. The zero-order valence-corrected chi connectivity index (χ0v) is 12.2. The van der Waals surface area contributed by atoms with Gasteiger partial charge < -0.3 is 11.1 Å². The Labute approximate surface area is 125 Å². The minimum absolute atomic E-state index is 0.189. The highest BCUT2D eigenvalue weighted by molar-refractivity contribution is 6.33. The molecular weight excluding hydrogens is 298 g/mol. The molecule has 0 aliphatic rings. The van der Waals surface area contributed by atoms with E-state index in [9.17, 15) is 13.6 Å². The van der Waals surface area contributed by atoms with E-state index in [-0.39, 0.29) is 10.6 Å². The lowest BCUT2D eigenvalue weighted by Crippen LogP contribution is -2.17. The molecule has 0 saturated carbocycles.